The summed E-state index contributed by atoms with van der Waals surface area (Å²) in [6.07, 6.45) is 3.92. The van der Waals surface area contributed by atoms with Crippen molar-refractivity contribution < 1.29 is 0 Å². The first kappa shape index (κ1) is 32.4. The number of nitrogens with zero attached hydrogens (tertiary/aromatic N) is 4. The van der Waals surface area contributed by atoms with E-state index in [1.807, 2.05) is 30.6 Å². The third-order valence-electron chi connectivity index (χ3n) is 10.3. The van der Waals surface area contributed by atoms with Crippen LogP contribution in [0.3, 0.4) is 0 Å². The Balaban J connectivity index is 1.22. The highest BCUT2D eigenvalue weighted by molar-refractivity contribution is 7.07. The van der Waals surface area contributed by atoms with Gasteiger partial charge in [0.25, 0.3) is 0 Å². The third kappa shape index (κ3) is 5.91. The molecule has 0 N–H and O–H groups in total. The molecule has 0 bridgehead atoms. The summed E-state index contributed by atoms with van der Waals surface area (Å²) in [5.74, 6) is 0.848. The van der Waals surface area contributed by atoms with E-state index in [4.69, 9.17) is 9.97 Å². The summed E-state index contributed by atoms with van der Waals surface area (Å²) in [7, 11) is -2.13. The number of hydrogen-bond donors (Lipinski definition) is 0. The van der Waals surface area contributed by atoms with Crippen LogP contribution in [0.5, 0.6) is 0 Å². The number of para-hydroxylation sites is 2. The number of rotatable bonds is 8. The van der Waals surface area contributed by atoms with Crippen molar-refractivity contribution in [2.75, 3.05) is 9.80 Å². The van der Waals surface area contributed by atoms with E-state index in [-0.39, 0.29) is 0 Å². The van der Waals surface area contributed by atoms with Gasteiger partial charge in [-0.05, 0) is 111 Å². The first-order valence-corrected chi connectivity index (χ1v) is 21.1. The van der Waals surface area contributed by atoms with Gasteiger partial charge in [-0.1, -0.05) is 122 Å². The average Bonchev–Trinajstić information content (AvgIpc) is 3.46. The van der Waals surface area contributed by atoms with Crippen LogP contribution in [0.2, 0.25) is 13.1 Å². The number of anilines is 6. The number of fused-ring (bicyclic) bond motifs is 2. The fraction of sp³-hybridized carbons (Fsp3) is 0.0417. The molecular weight excluding hydrogens is 661 g/mol. The lowest BCUT2D eigenvalue weighted by atomic mass is 9.96. The Morgan fingerprint density at radius 1 is 0.453 bits per heavy atom. The van der Waals surface area contributed by atoms with Crippen molar-refractivity contribution in [1.29, 1.82) is 0 Å². The van der Waals surface area contributed by atoms with Crippen molar-refractivity contribution in [3.8, 4) is 0 Å². The average molecular weight is 699 g/mol. The summed E-state index contributed by atoms with van der Waals surface area (Å²) in [6.45, 7) is 4.92. The molecule has 8 aromatic rings. The van der Waals surface area contributed by atoms with Crippen LogP contribution in [0.25, 0.3) is 21.5 Å². The molecule has 0 unspecified atom stereocenters. The molecule has 9 rings (SSSR count). The highest BCUT2D eigenvalue weighted by Crippen LogP contribution is 2.46. The molecule has 0 fully saturated rings. The van der Waals surface area contributed by atoms with Crippen LogP contribution in [0.1, 0.15) is 16.8 Å². The molecule has 53 heavy (non-hydrogen) atoms. The first-order chi connectivity index (χ1) is 26.1. The second kappa shape index (κ2) is 13.5. The maximum atomic E-state index is 5.15. The molecular formula is C48H38N4Si. The number of aromatic nitrogens is 2. The molecule has 3 heterocycles. The van der Waals surface area contributed by atoms with Crippen LogP contribution in [-0.2, 0) is 0 Å². The molecule has 2 aromatic heterocycles. The van der Waals surface area contributed by atoms with Gasteiger partial charge < -0.3 is 4.90 Å². The summed E-state index contributed by atoms with van der Waals surface area (Å²) in [5, 5.41) is 5.20. The van der Waals surface area contributed by atoms with Crippen molar-refractivity contribution in [3.05, 3.63) is 211 Å². The van der Waals surface area contributed by atoms with E-state index in [0.29, 0.717) is 0 Å². The highest BCUT2D eigenvalue weighted by Gasteiger charge is 2.41. The van der Waals surface area contributed by atoms with Gasteiger partial charge in [-0.3, -0.25) is 9.88 Å². The minimum absolute atomic E-state index is 0.848. The normalized spacial score (nSPS) is 13.2. The van der Waals surface area contributed by atoms with Crippen LogP contribution in [0.15, 0.2) is 194 Å². The Morgan fingerprint density at radius 2 is 1.06 bits per heavy atom. The fourth-order valence-electron chi connectivity index (χ4n) is 7.84. The van der Waals surface area contributed by atoms with Crippen molar-refractivity contribution in [3.63, 3.8) is 0 Å². The number of hydrogen-bond acceptors (Lipinski definition) is 4. The Labute approximate surface area is 312 Å². The van der Waals surface area contributed by atoms with Gasteiger partial charge in [0.2, 0.25) is 0 Å². The summed E-state index contributed by atoms with van der Waals surface area (Å²) in [5.41, 5.74) is 10.1. The molecule has 6 aromatic carbocycles. The molecule has 0 atom stereocenters. The maximum absolute atomic E-state index is 5.15. The largest absolute Gasteiger partial charge is 0.309 e. The van der Waals surface area contributed by atoms with E-state index in [1.165, 1.54) is 37.9 Å². The van der Waals surface area contributed by atoms with Crippen molar-refractivity contribution >= 4 is 69.1 Å². The van der Waals surface area contributed by atoms with Crippen LogP contribution < -0.4 is 15.0 Å². The molecule has 0 radical (unpaired) electrons. The molecule has 1 aliphatic heterocycles. The first-order valence-electron chi connectivity index (χ1n) is 18.1. The van der Waals surface area contributed by atoms with Gasteiger partial charge >= 0.3 is 0 Å². The van der Waals surface area contributed by atoms with Gasteiger partial charge in [-0.2, -0.15) is 0 Å². The quantitative estimate of drug-likeness (QED) is 0.148. The second-order valence-electron chi connectivity index (χ2n) is 13.9. The Hall–Kier alpha value is -6.56. The van der Waals surface area contributed by atoms with Crippen molar-refractivity contribution in [2.45, 2.75) is 13.1 Å². The zero-order chi connectivity index (χ0) is 35.8. The standard InChI is InChI=1S/C48H38N4Si/c1-53(2)45-29-27-41(33-43(45)47(36-17-6-3-7-18-36)48(53)44-24-14-15-31-49-44)51(40-26-25-35-16-12-13-19-37(35)32-40)42-28-30-46(50-34-42)52(38-20-8-4-9-21-38)39-22-10-5-11-23-39/h3-34H,1-2H3. The summed E-state index contributed by atoms with van der Waals surface area (Å²) >= 11 is 0. The second-order valence-corrected chi connectivity index (χ2v) is 18.2. The Morgan fingerprint density at radius 3 is 1.72 bits per heavy atom. The summed E-state index contributed by atoms with van der Waals surface area (Å²) in [6, 6.07) is 64.6. The number of pyridine rings is 2. The summed E-state index contributed by atoms with van der Waals surface area (Å²) < 4.78 is 0. The van der Waals surface area contributed by atoms with Crippen LogP contribution >= 0.6 is 0 Å². The fourth-order valence-corrected chi connectivity index (χ4v) is 11.2. The predicted octanol–water partition coefficient (Wildman–Crippen LogP) is 12.0. The van der Waals surface area contributed by atoms with Gasteiger partial charge in [0.05, 0.1) is 17.6 Å². The molecule has 0 saturated heterocycles. The summed E-state index contributed by atoms with van der Waals surface area (Å²) in [4.78, 5) is 14.6. The molecule has 0 spiro atoms. The Kier molecular flexibility index (Phi) is 8.26. The number of benzene rings is 6. The minimum atomic E-state index is -2.13. The van der Waals surface area contributed by atoms with E-state index < -0.39 is 8.07 Å². The smallest absolute Gasteiger partial charge is 0.137 e. The van der Waals surface area contributed by atoms with Crippen LogP contribution in [0, 0.1) is 0 Å². The van der Waals surface area contributed by atoms with Crippen LogP contribution in [-0.4, -0.2) is 18.0 Å². The molecule has 4 nitrogen and oxygen atoms in total. The van der Waals surface area contributed by atoms with Gasteiger partial charge in [-0.15, -0.1) is 0 Å². The van der Waals surface area contributed by atoms with Crippen molar-refractivity contribution in [2.24, 2.45) is 0 Å². The lowest BCUT2D eigenvalue weighted by molar-refractivity contribution is 1.16. The molecule has 0 amide bonds. The topological polar surface area (TPSA) is 32.3 Å². The van der Waals surface area contributed by atoms with E-state index in [2.05, 4.69) is 187 Å². The minimum Gasteiger partial charge on any atom is -0.309 e. The molecule has 5 heteroatoms. The maximum Gasteiger partial charge on any atom is 0.137 e. The zero-order valence-corrected chi connectivity index (χ0v) is 30.8. The van der Waals surface area contributed by atoms with Gasteiger partial charge in [-0.25, -0.2) is 4.98 Å². The van der Waals surface area contributed by atoms with Gasteiger partial charge in [0, 0.05) is 28.9 Å². The van der Waals surface area contributed by atoms with E-state index >= 15 is 0 Å². The highest BCUT2D eigenvalue weighted by atomic mass is 28.3. The monoisotopic (exact) mass is 698 g/mol. The molecule has 0 saturated carbocycles. The van der Waals surface area contributed by atoms with E-state index in [1.54, 1.807) is 0 Å². The van der Waals surface area contributed by atoms with E-state index in [9.17, 15) is 0 Å². The zero-order valence-electron chi connectivity index (χ0n) is 29.8. The third-order valence-corrected chi connectivity index (χ3v) is 13.8. The van der Waals surface area contributed by atoms with E-state index in [0.717, 1.165) is 39.9 Å². The molecule has 254 valence electrons. The van der Waals surface area contributed by atoms with Crippen molar-refractivity contribution in [1.82, 2.24) is 9.97 Å². The van der Waals surface area contributed by atoms with Crippen LogP contribution in [0.4, 0.5) is 34.3 Å². The Bertz CT molecular complexity index is 2530. The van der Waals surface area contributed by atoms with Gasteiger partial charge in [0.15, 0.2) is 0 Å². The van der Waals surface area contributed by atoms with Gasteiger partial charge in [0.1, 0.15) is 13.9 Å². The molecule has 1 aliphatic rings. The predicted molar refractivity (Wildman–Crippen MR) is 225 cm³/mol. The molecule has 0 aliphatic carbocycles. The SMILES string of the molecule is C[Si]1(C)C(c2ccccn2)=C(c2ccccc2)c2cc(N(c3ccc(N(c4ccccc4)c4ccccc4)nc3)c3ccc4ccccc4c3)ccc21. The lowest BCUT2D eigenvalue weighted by Crippen LogP contribution is -2.41. The lowest BCUT2D eigenvalue weighted by Gasteiger charge is -2.28.